The lowest BCUT2D eigenvalue weighted by Gasteiger charge is -1.90. The van der Waals surface area contributed by atoms with Crippen LogP contribution in [-0.4, -0.2) is 0 Å². The van der Waals surface area contributed by atoms with Crippen LogP contribution in [0.4, 0.5) is 4.39 Å². The predicted octanol–water partition coefficient (Wildman–Crippen LogP) is 4.38. The van der Waals surface area contributed by atoms with Crippen molar-refractivity contribution in [1.82, 2.24) is 0 Å². The third kappa shape index (κ3) is 2.07. The first-order valence-electron chi connectivity index (χ1n) is 4.41. The number of thiophene rings is 1. The molecule has 0 nitrogen and oxygen atoms in total. The molecule has 0 unspecified atom stereocenters. The summed E-state index contributed by atoms with van der Waals surface area (Å²) in [5.41, 5.74) is 1.16. The van der Waals surface area contributed by atoms with Crippen molar-refractivity contribution in [2.45, 2.75) is 20.8 Å². The van der Waals surface area contributed by atoms with Crippen LogP contribution in [-0.2, 0) is 0 Å². The average molecular weight is 196 g/mol. The van der Waals surface area contributed by atoms with Crippen LogP contribution in [0.15, 0.2) is 23.6 Å². The van der Waals surface area contributed by atoms with Crippen LogP contribution in [0.1, 0.15) is 19.4 Å². The topological polar surface area (TPSA) is 0 Å². The molecule has 70 valence electrons. The second-order valence-corrected chi connectivity index (χ2v) is 3.47. The van der Waals surface area contributed by atoms with Gasteiger partial charge in [-0.15, -0.1) is 11.3 Å². The Morgan fingerprint density at radius 1 is 1.23 bits per heavy atom. The van der Waals surface area contributed by atoms with Crippen molar-refractivity contribution in [2.75, 3.05) is 0 Å². The fourth-order valence-electron chi connectivity index (χ4n) is 1.13. The molecule has 0 saturated carbocycles. The van der Waals surface area contributed by atoms with E-state index in [-0.39, 0.29) is 5.82 Å². The number of benzene rings is 1. The molecule has 0 atom stereocenters. The zero-order valence-corrected chi connectivity index (χ0v) is 8.91. The van der Waals surface area contributed by atoms with Gasteiger partial charge in [0.2, 0.25) is 0 Å². The Labute approximate surface area is 82.0 Å². The summed E-state index contributed by atoms with van der Waals surface area (Å²) in [7, 11) is 0. The first kappa shape index (κ1) is 10.2. The minimum Gasteiger partial charge on any atom is -0.207 e. The Morgan fingerprint density at radius 3 is 2.62 bits per heavy atom. The van der Waals surface area contributed by atoms with Crippen molar-refractivity contribution in [3.05, 3.63) is 35.0 Å². The number of halogens is 1. The van der Waals surface area contributed by atoms with Gasteiger partial charge in [0.15, 0.2) is 0 Å². The number of rotatable bonds is 0. The van der Waals surface area contributed by atoms with Crippen molar-refractivity contribution in [2.24, 2.45) is 0 Å². The summed E-state index contributed by atoms with van der Waals surface area (Å²) in [5.74, 6) is -0.154. The second kappa shape index (κ2) is 4.38. The largest absolute Gasteiger partial charge is 0.207 e. The summed E-state index contributed by atoms with van der Waals surface area (Å²) in [4.78, 5) is 0. The van der Waals surface area contributed by atoms with Gasteiger partial charge in [0.25, 0.3) is 0 Å². The van der Waals surface area contributed by atoms with Gasteiger partial charge in [0.05, 0.1) is 0 Å². The van der Waals surface area contributed by atoms with Gasteiger partial charge in [-0.2, -0.15) is 0 Å². The monoisotopic (exact) mass is 196 g/mol. The van der Waals surface area contributed by atoms with E-state index in [4.69, 9.17) is 0 Å². The average Bonchev–Trinajstić information content (AvgIpc) is 2.52. The van der Waals surface area contributed by atoms with E-state index in [1.807, 2.05) is 32.2 Å². The normalized spacial score (nSPS) is 9.54. The van der Waals surface area contributed by atoms with Crippen molar-refractivity contribution >= 4 is 21.4 Å². The first-order chi connectivity index (χ1) is 6.27. The summed E-state index contributed by atoms with van der Waals surface area (Å²) in [6.07, 6.45) is 0. The molecular weight excluding hydrogens is 183 g/mol. The molecule has 0 aliphatic heterocycles. The van der Waals surface area contributed by atoms with E-state index < -0.39 is 0 Å². The van der Waals surface area contributed by atoms with Crippen molar-refractivity contribution < 1.29 is 4.39 Å². The summed E-state index contributed by atoms with van der Waals surface area (Å²) >= 11 is 1.66. The van der Waals surface area contributed by atoms with Crippen LogP contribution < -0.4 is 0 Å². The lowest BCUT2D eigenvalue weighted by molar-refractivity contribution is 0.630. The summed E-state index contributed by atoms with van der Waals surface area (Å²) in [6, 6.07) is 4.90. The molecule has 0 aliphatic carbocycles. The third-order valence-electron chi connectivity index (χ3n) is 1.73. The Kier molecular flexibility index (Phi) is 3.43. The third-order valence-corrected chi connectivity index (χ3v) is 2.81. The second-order valence-electron chi connectivity index (χ2n) is 2.56. The lowest BCUT2D eigenvalue weighted by atomic mass is 10.2. The van der Waals surface area contributed by atoms with Crippen molar-refractivity contribution in [3.8, 4) is 0 Å². The summed E-state index contributed by atoms with van der Waals surface area (Å²) < 4.78 is 13.9. The Morgan fingerprint density at radius 2 is 1.92 bits per heavy atom. The highest BCUT2D eigenvalue weighted by Gasteiger charge is 1.99. The van der Waals surface area contributed by atoms with Crippen molar-refractivity contribution in [1.29, 1.82) is 0 Å². The van der Waals surface area contributed by atoms with Crippen LogP contribution in [0.5, 0.6) is 0 Å². The molecule has 0 radical (unpaired) electrons. The molecule has 2 aromatic rings. The number of aryl methyl sites for hydroxylation is 1. The standard InChI is InChI=1S/C9H7FS.C2H6/c1-6-5-11-9-3-2-7(10)4-8(6)9;1-2/h2-5H,1H3;1-2H3. The van der Waals surface area contributed by atoms with Gasteiger partial charge in [-0.05, 0) is 41.5 Å². The van der Waals surface area contributed by atoms with Gasteiger partial charge < -0.3 is 0 Å². The molecule has 2 rings (SSSR count). The zero-order chi connectivity index (χ0) is 9.84. The maximum Gasteiger partial charge on any atom is 0.123 e. The molecule has 1 aromatic heterocycles. The molecular formula is C11H13FS. The summed E-state index contributed by atoms with van der Waals surface area (Å²) in [6.45, 7) is 6.00. The lowest BCUT2D eigenvalue weighted by Crippen LogP contribution is -1.71. The molecule has 0 amide bonds. The molecule has 0 aliphatic rings. The summed E-state index contributed by atoms with van der Waals surface area (Å²) in [5, 5.41) is 3.08. The Hall–Kier alpha value is -0.890. The highest BCUT2D eigenvalue weighted by molar-refractivity contribution is 7.17. The van der Waals surface area contributed by atoms with Gasteiger partial charge in [-0.3, -0.25) is 0 Å². The SMILES string of the molecule is CC.Cc1csc2ccc(F)cc12. The van der Waals surface area contributed by atoms with Crippen LogP contribution in [0.25, 0.3) is 10.1 Å². The minimum atomic E-state index is -0.154. The fraction of sp³-hybridized carbons (Fsp3) is 0.273. The van der Waals surface area contributed by atoms with Crippen LogP contribution in [0.2, 0.25) is 0 Å². The van der Waals surface area contributed by atoms with Crippen LogP contribution in [0.3, 0.4) is 0 Å². The van der Waals surface area contributed by atoms with Gasteiger partial charge in [0.1, 0.15) is 5.82 Å². The molecule has 0 saturated heterocycles. The highest BCUT2D eigenvalue weighted by atomic mass is 32.1. The molecule has 2 heteroatoms. The van der Waals surface area contributed by atoms with E-state index in [2.05, 4.69) is 0 Å². The minimum absolute atomic E-state index is 0.154. The number of hydrogen-bond acceptors (Lipinski definition) is 1. The Balaban J connectivity index is 0.000000396. The van der Waals surface area contributed by atoms with E-state index in [0.29, 0.717) is 0 Å². The smallest absolute Gasteiger partial charge is 0.123 e. The fourth-order valence-corrected chi connectivity index (χ4v) is 2.05. The van der Waals surface area contributed by atoms with Gasteiger partial charge in [0, 0.05) is 4.70 Å². The predicted molar refractivity (Wildman–Crippen MR) is 57.9 cm³/mol. The van der Waals surface area contributed by atoms with Gasteiger partial charge in [-0.25, -0.2) is 4.39 Å². The van der Waals surface area contributed by atoms with E-state index in [9.17, 15) is 4.39 Å². The number of fused-ring (bicyclic) bond motifs is 1. The highest BCUT2D eigenvalue weighted by Crippen LogP contribution is 2.25. The first-order valence-corrected chi connectivity index (χ1v) is 5.29. The van der Waals surface area contributed by atoms with Gasteiger partial charge >= 0.3 is 0 Å². The van der Waals surface area contributed by atoms with Crippen molar-refractivity contribution in [3.63, 3.8) is 0 Å². The molecule has 0 spiro atoms. The maximum absolute atomic E-state index is 12.7. The van der Waals surface area contributed by atoms with Crippen LogP contribution in [0, 0.1) is 12.7 Å². The maximum atomic E-state index is 12.7. The molecule has 1 heterocycles. The quantitative estimate of drug-likeness (QED) is 0.586. The molecule has 1 aromatic carbocycles. The molecule has 0 fully saturated rings. The van der Waals surface area contributed by atoms with Gasteiger partial charge in [-0.1, -0.05) is 13.8 Å². The number of hydrogen-bond donors (Lipinski definition) is 0. The molecule has 0 bridgehead atoms. The van der Waals surface area contributed by atoms with E-state index in [1.54, 1.807) is 17.4 Å². The van der Waals surface area contributed by atoms with E-state index in [1.165, 1.54) is 6.07 Å². The van der Waals surface area contributed by atoms with Crippen LogP contribution >= 0.6 is 11.3 Å². The van der Waals surface area contributed by atoms with E-state index in [0.717, 1.165) is 15.6 Å². The molecule has 13 heavy (non-hydrogen) atoms. The Bertz CT molecular complexity index is 390. The molecule has 0 N–H and O–H groups in total. The van der Waals surface area contributed by atoms with E-state index >= 15 is 0 Å². The zero-order valence-electron chi connectivity index (χ0n) is 8.10.